The van der Waals surface area contributed by atoms with E-state index in [2.05, 4.69) is 15.5 Å². The predicted molar refractivity (Wildman–Crippen MR) is 117 cm³/mol. The van der Waals surface area contributed by atoms with Crippen molar-refractivity contribution >= 4 is 28.2 Å². The number of nitro benzene ring substituents is 1. The number of nitro groups is 1. The highest BCUT2D eigenvalue weighted by Crippen LogP contribution is 2.41. The molecule has 0 radical (unpaired) electrons. The molecule has 10 nitrogen and oxygen atoms in total. The van der Waals surface area contributed by atoms with Crippen LogP contribution in [0, 0.1) is 15.9 Å². The van der Waals surface area contributed by atoms with Gasteiger partial charge in [-0.05, 0) is 43.2 Å². The predicted octanol–water partition coefficient (Wildman–Crippen LogP) is 3.15. The Morgan fingerprint density at radius 3 is 2.67 bits per heavy atom. The topological polar surface area (TPSA) is 125 Å². The van der Waals surface area contributed by atoms with E-state index >= 15 is 0 Å². The van der Waals surface area contributed by atoms with E-state index in [1.54, 1.807) is 6.20 Å². The van der Waals surface area contributed by atoms with Crippen LogP contribution < -0.4 is 10.9 Å². The number of nitrogens with one attached hydrogen (secondary N) is 1. The first-order chi connectivity index (χ1) is 15.9. The first-order valence-corrected chi connectivity index (χ1v) is 10.2. The lowest BCUT2D eigenvalue weighted by molar-refractivity contribution is -0.384. The van der Waals surface area contributed by atoms with Gasteiger partial charge in [0.15, 0.2) is 0 Å². The van der Waals surface area contributed by atoms with Crippen LogP contribution >= 0.6 is 0 Å². The lowest BCUT2D eigenvalue weighted by Crippen LogP contribution is -2.31. The van der Waals surface area contributed by atoms with E-state index in [1.165, 1.54) is 53.2 Å². The van der Waals surface area contributed by atoms with Gasteiger partial charge in [0.25, 0.3) is 11.2 Å². The second-order valence-corrected chi connectivity index (χ2v) is 7.77. The summed E-state index contributed by atoms with van der Waals surface area (Å²) in [7, 11) is 0. The zero-order valence-corrected chi connectivity index (χ0v) is 17.1. The molecule has 1 N–H and O–H groups in total. The SMILES string of the molecule is O=C(Cn1nc(C2CC2)c2cnn(-c3ccc(F)cc3)c2c1=O)Nc1cccc([N+](=O)[O-])c1. The molecule has 2 heterocycles. The highest BCUT2D eigenvalue weighted by molar-refractivity contribution is 5.91. The summed E-state index contributed by atoms with van der Waals surface area (Å²) in [6.45, 7) is -0.383. The van der Waals surface area contributed by atoms with E-state index in [9.17, 15) is 24.1 Å². The van der Waals surface area contributed by atoms with Crippen molar-refractivity contribution in [2.24, 2.45) is 0 Å². The molecule has 1 aliphatic rings. The zero-order chi connectivity index (χ0) is 23.1. The Balaban J connectivity index is 1.52. The molecule has 0 aliphatic heterocycles. The minimum atomic E-state index is -0.561. The molecular formula is C22H17FN6O4. The molecule has 0 bridgehead atoms. The molecule has 166 valence electrons. The molecule has 0 unspecified atom stereocenters. The van der Waals surface area contributed by atoms with Crippen molar-refractivity contribution < 1.29 is 14.1 Å². The van der Waals surface area contributed by atoms with E-state index in [4.69, 9.17) is 0 Å². The van der Waals surface area contributed by atoms with Gasteiger partial charge in [0.2, 0.25) is 5.91 Å². The summed E-state index contributed by atoms with van der Waals surface area (Å²) in [5.41, 5.74) is 0.989. The first-order valence-electron chi connectivity index (χ1n) is 10.2. The maximum Gasteiger partial charge on any atom is 0.293 e. The molecule has 1 saturated carbocycles. The van der Waals surface area contributed by atoms with E-state index in [0.29, 0.717) is 16.8 Å². The number of fused-ring (bicyclic) bond motifs is 1. The number of aromatic nitrogens is 4. The number of hydrogen-bond acceptors (Lipinski definition) is 6. The third-order valence-corrected chi connectivity index (χ3v) is 5.38. The summed E-state index contributed by atoms with van der Waals surface area (Å²) in [5.74, 6) is -0.796. The maximum absolute atomic E-state index is 13.4. The van der Waals surface area contributed by atoms with Gasteiger partial charge in [0.1, 0.15) is 17.9 Å². The van der Waals surface area contributed by atoms with Crippen molar-refractivity contribution in [2.45, 2.75) is 25.3 Å². The summed E-state index contributed by atoms with van der Waals surface area (Å²) >= 11 is 0. The molecule has 1 amide bonds. The third-order valence-electron chi connectivity index (χ3n) is 5.38. The van der Waals surface area contributed by atoms with Crippen molar-refractivity contribution in [1.29, 1.82) is 0 Å². The molecule has 11 heteroatoms. The van der Waals surface area contributed by atoms with Gasteiger partial charge in [-0.1, -0.05) is 6.07 Å². The summed E-state index contributed by atoms with van der Waals surface area (Å²) in [5, 5.41) is 22.9. The van der Waals surface area contributed by atoms with Crippen molar-refractivity contribution in [3.63, 3.8) is 0 Å². The number of carbonyl (C=O) groups is 1. The average Bonchev–Trinajstić information content (AvgIpc) is 3.54. The Morgan fingerprint density at radius 1 is 1.21 bits per heavy atom. The van der Waals surface area contributed by atoms with Crippen LogP contribution in [-0.4, -0.2) is 30.4 Å². The minimum absolute atomic E-state index is 0.163. The molecule has 0 spiro atoms. The smallest absolute Gasteiger partial charge is 0.293 e. The molecule has 2 aromatic heterocycles. The minimum Gasteiger partial charge on any atom is -0.324 e. The quantitative estimate of drug-likeness (QED) is 0.357. The number of amides is 1. The fourth-order valence-corrected chi connectivity index (χ4v) is 3.67. The number of rotatable bonds is 6. The Morgan fingerprint density at radius 2 is 1.97 bits per heavy atom. The van der Waals surface area contributed by atoms with Crippen molar-refractivity contribution in [3.05, 3.63) is 86.7 Å². The highest BCUT2D eigenvalue weighted by atomic mass is 19.1. The van der Waals surface area contributed by atoms with Crippen molar-refractivity contribution in [2.75, 3.05) is 5.32 Å². The van der Waals surface area contributed by atoms with Crippen LogP contribution in [0.5, 0.6) is 0 Å². The summed E-state index contributed by atoms with van der Waals surface area (Å²) < 4.78 is 15.9. The van der Waals surface area contributed by atoms with E-state index in [1.807, 2.05) is 0 Å². The summed E-state index contributed by atoms with van der Waals surface area (Å²) in [4.78, 5) is 36.3. The molecule has 5 rings (SSSR count). The molecule has 0 atom stereocenters. The third kappa shape index (κ3) is 3.95. The molecule has 2 aromatic carbocycles. The van der Waals surface area contributed by atoms with Crippen LogP contribution in [0.2, 0.25) is 0 Å². The van der Waals surface area contributed by atoms with Crippen LogP contribution in [0.1, 0.15) is 24.5 Å². The van der Waals surface area contributed by atoms with Crippen LogP contribution in [0.4, 0.5) is 15.8 Å². The molecule has 1 aliphatic carbocycles. The number of anilines is 1. The van der Waals surface area contributed by atoms with Gasteiger partial charge >= 0.3 is 0 Å². The van der Waals surface area contributed by atoms with Gasteiger partial charge in [-0.25, -0.2) is 13.8 Å². The van der Waals surface area contributed by atoms with Gasteiger partial charge in [-0.2, -0.15) is 10.2 Å². The number of hydrogen-bond donors (Lipinski definition) is 1. The number of halogens is 1. The fourth-order valence-electron chi connectivity index (χ4n) is 3.67. The second-order valence-electron chi connectivity index (χ2n) is 7.77. The standard InChI is InChI=1S/C22H17FN6O4/c23-14-6-8-16(9-7-14)28-21-18(11-24-28)20(13-4-5-13)26-27(22(21)31)12-19(30)25-15-2-1-3-17(10-15)29(32)33/h1-3,6-11,13H,4-5,12H2,(H,25,30). The Kier molecular flexibility index (Phi) is 4.93. The van der Waals surface area contributed by atoms with Crippen LogP contribution in [0.15, 0.2) is 59.5 Å². The zero-order valence-electron chi connectivity index (χ0n) is 17.1. The van der Waals surface area contributed by atoms with Gasteiger partial charge in [0.05, 0.1) is 22.5 Å². The summed E-state index contributed by atoms with van der Waals surface area (Å²) in [6.07, 6.45) is 3.40. The van der Waals surface area contributed by atoms with Gasteiger partial charge in [0, 0.05) is 29.1 Å². The largest absolute Gasteiger partial charge is 0.324 e. The average molecular weight is 448 g/mol. The molecule has 33 heavy (non-hydrogen) atoms. The monoisotopic (exact) mass is 448 g/mol. The Labute approximate surface area is 185 Å². The fraction of sp³-hybridized carbons (Fsp3) is 0.182. The maximum atomic E-state index is 13.4. The Hall–Kier alpha value is -4.41. The summed E-state index contributed by atoms with van der Waals surface area (Å²) in [6, 6.07) is 11.1. The normalized spacial score (nSPS) is 13.2. The first kappa shape index (κ1) is 20.5. The second kappa shape index (κ2) is 7.93. The van der Waals surface area contributed by atoms with Gasteiger partial charge in [-0.15, -0.1) is 0 Å². The van der Waals surface area contributed by atoms with Crippen LogP contribution in [0.25, 0.3) is 16.6 Å². The van der Waals surface area contributed by atoms with Crippen molar-refractivity contribution in [1.82, 2.24) is 19.6 Å². The lowest BCUT2D eigenvalue weighted by atomic mass is 10.2. The van der Waals surface area contributed by atoms with Gasteiger partial charge < -0.3 is 5.32 Å². The Bertz CT molecular complexity index is 1460. The molecule has 0 saturated heterocycles. The van der Waals surface area contributed by atoms with Gasteiger partial charge in [-0.3, -0.25) is 19.7 Å². The number of nitrogens with zero attached hydrogens (tertiary/aromatic N) is 5. The number of non-ortho nitro benzene ring substituents is 1. The van der Waals surface area contributed by atoms with Crippen LogP contribution in [-0.2, 0) is 11.3 Å². The number of benzene rings is 2. The molecular weight excluding hydrogens is 431 g/mol. The lowest BCUT2D eigenvalue weighted by Gasteiger charge is -2.10. The molecule has 4 aromatic rings. The van der Waals surface area contributed by atoms with Crippen LogP contribution in [0.3, 0.4) is 0 Å². The molecule has 1 fully saturated rings. The van der Waals surface area contributed by atoms with E-state index in [-0.39, 0.29) is 29.4 Å². The van der Waals surface area contributed by atoms with Crippen molar-refractivity contribution in [3.8, 4) is 5.69 Å². The van der Waals surface area contributed by atoms with E-state index < -0.39 is 22.2 Å². The van der Waals surface area contributed by atoms with E-state index in [0.717, 1.165) is 17.5 Å². The number of carbonyl (C=O) groups excluding carboxylic acids is 1. The highest BCUT2D eigenvalue weighted by Gasteiger charge is 2.30.